The first-order valence-corrected chi connectivity index (χ1v) is 11.0. The molecule has 33 heavy (non-hydrogen) atoms. The van der Waals surface area contributed by atoms with Crippen LogP contribution in [0.25, 0.3) is 16.8 Å². The molecule has 0 bridgehead atoms. The number of hydrogen-bond acceptors (Lipinski definition) is 4. The Kier molecular flexibility index (Phi) is 5.76. The fourth-order valence-corrected chi connectivity index (χ4v) is 4.57. The van der Waals surface area contributed by atoms with Gasteiger partial charge in [0, 0.05) is 37.5 Å². The van der Waals surface area contributed by atoms with Crippen LogP contribution in [0.15, 0.2) is 65.8 Å². The summed E-state index contributed by atoms with van der Waals surface area (Å²) >= 11 is 0. The maximum absolute atomic E-state index is 13.0. The molecular formula is C25H24F2N4O2. The molecule has 0 amide bonds. The number of halogens is 2. The number of aromatic nitrogens is 4. The van der Waals surface area contributed by atoms with E-state index in [2.05, 4.69) is 9.97 Å². The minimum Gasteiger partial charge on any atom is -0.381 e. The number of ether oxygens (including phenoxy) is 1. The molecule has 8 heteroatoms. The van der Waals surface area contributed by atoms with E-state index in [1.54, 1.807) is 36.1 Å². The first-order chi connectivity index (χ1) is 16.0. The molecule has 0 aliphatic carbocycles. The van der Waals surface area contributed by atoms with Crippen molar-refractivity contribution >= 4 is 5.52 Å². The maximum Gasteiger partial charge on any atom is 0.280 e. The van der Waals surface area contributed by atoms with Crippen molar-refractivity contribution in [2.75, 3.05) is 13.2 Å². The average Bonchev–Trinajstić information content (AvgIpc) is 3.27. The number of fused-ring (bicyclic) bond motifs is 1. The fraction of sp³-hybridized carbons (Fsp3) is 0.320. The Morgan fingerprint density at radius 2 is 1.97 bits per heavy atom. The highest BCUT2D eigenvalue weighted by Crippen LogP contribution is 2.34. The van der Waals surface area contributed by atoms with Gasteiger partial charge in [0.25, 0.3) is 12.0 Å². The van der Waals surface area contributed by atoms with E-state index in [-0.39, 0.29) is 23.1 Å². The van der Waals surface area contributed by atoms with Crippen molar-refractivity contribution in [1.82, 2.24) is 18.9 Å². The number of pyridine rings is 1. The second kappa shape index (κ2) is 8.86. The molecule has 4 heterocycles. The largest absolute Gasteiger partial charge is 0.381 e. The van der Waals surface area contributed by atoms with E-state index >= 15 is 0 Å². The van der Waals surface area contributed by atoms with Crippen LogP contribution in [0, 0.1) is 5.92 Å². The number of aryl methyl sites for hydroxylation is 1. The third-order valence-electron chi connectivity index (χ3n) is 6.35. The minimum absolute atomic E-state index is 0.0695. The van der Waals surface area contributed by atoms with Crippen molar-refractivity contribution in [2.45, 2.75) is 25.2 Å². The van der Waals surface area contributed by atoms with Gasteiger partial charge in [-0.2, -0.15) is 0 Å². The molecule has 0 radical (unpaired) electrons. The summed E-state index contributed by atoms with van der Waals surface area (Å²) in [7, 11) is 1.73. The Morgan fingerprint density at radius 1 is 1.15 bits per heavy atom. The number of nitrogens with zero attached hydrogens (tertiary/aromatic N) is 4. The summed E-state index contributed by atoms with van der Waals surface area (Å²) in [4.78, 5) is 21.1. The summed E-state index contributed by atoms with van der Waals surface area (Å²) in [5, 5.41) is 0. The summed E-state index contributed by atoms with van der Waals surface area (Å²) < 4.78 is 35.2. The van der Waals surface area contributed by atoms with Gasteiger partial charge in [-0.1, -0.05) is 30.3 Å². The molecule has 6 nitrogen and oxygen atoms in total. The lowest BCUT2D eigenvalue weighted by Gasteiger charge is -2.31. The summed E-state index contributed by atoms with van der Waals surface area (Å²) in [6.07, 6.45) is 4.33. The molecular weight excluding hydrogens is 426 g/mol. The summed E-state index contributed by atoms with van der Waals surface area (Å²) in [6.45, 7) is 1.27. The van der Waals surface area contributed by atoms with Crippen LogP contribution < -0.4 is 5.56 Å². The van der Waals surface area contributed by atoms with Gasteiger partial charge in [0.05, 0.1) is 18.5 Å². The molecule has 1 aromatic carbocycles. The second-order valence-corrected chi connectivity index (χ2v) is 8.47. The summed E-state index contributed by atoms with van der Waals surface area (Å²) in [5.74, 6) is 1.26. The average molecular weight is 450 g/mol. The van der Waals surface area contributed by atoms with Crippen LogP contribution >= 0.6 is 0 Å². The predicted molar refractivity (Wildman–Crippen MR) is 120 cm³/mol. The van der Waals surface area contributed by atoms with E-state index in [1.807, 2.05) is 34.9 Å². The Morgan fingerprint density at radius 3 is 2.76 bits per heavy atom. The zero-order chi connectivity index (χ0) is 22.9. The number of hydrogen-bond donors (Lipinski definition) is 0. The monoisotopic (exact) mass is 450 g/mol. The standard InChI is InChI=1S/C25H24F2N4O2/c1-30-10-11-31-22(25(30)32)14-28-24(31)19-9-12-33-15-18(19)13-16-5-7-17(8-6-16)20-3-2-4-21(29-20)23(26)27/h2-8,10-11,14,18-19,23H,9,12-13,15H2,1H3. The molecule has 1 saturated heterocycles. The van der Waals surface area contributed by atoms with Gasteiger partial charge in [0.15, 0.2) is 0 Å². The smallest absolute Gasteiger partial charge is 0.280 e. The Balaban J connectivity index is 1.39. The quantitative estimate of drug-likeness (QED) is 0.452. The lowest BCUT2D eigenvalue weighted by atomic mass is 9.83. The SMILES string of the molecule is Cn1ccn2c(C3CCOCC3Cc3ccc(-c4cccc(C(F)F)n4)cc3)ncc2c1=O. The first-order valence-electron chi connectivity index (χ1n) is 11.0. The van der Waals surface area contributed by atoms with Gasteiger partial charge in [-0.05, 0) is 36.5 Å². The third kappa shape index (κ3) is 4.18. The van der Waals surface area contributed by atoms with E-state index in [1.165, 1.54) is 6.07 Å². The van der Waals surface area contributed by atoms with Crippen LogP contribution in [-0.4, -0.2) is 32.1 Å². The van der Waals surface area contributed by atoms with Crippen molar-refractivity contribution in [1.29, 1.82) is 0 Å². The van der Waals surface area contributed by atoms with Gasteiger partial charge >= 0.3 is 0 Å². The highest BCUT2D eigenvalue weighted by atomic mass is 19.3. The van der Waals surface area contributed by atoms with Crippen molar-refractivity contribution in [3.05, 3.63) is 88.5 Å². The molecule has 1 aliphatic heterocycles. The topological polar surface area (TPSA) is 61.4 Å². The lowest BCUT2D eigenvalue weighted by Crippen LogP contribution is -2.29. The number of imidazole rings is 1. The zero-order valence-corrected chi connectivity index (χ0v) is 18.2. The van der Waals surface area contributed by atoms with Crippen LogP contribution in [0.2, 0.25) is 0 Å². The lowest BCUT2D eigenvalue weighted by molar-refractivity contribution is 0.0381. The third-order valence-corrected chi connectivity index (χ3v) is 6.35. The van der Waals surface area contributed by atoms with Gasteiger partial charge in [0.1, 0.15) is 17.0 Å². The van der Waals surface area contributed by atoms with Gasteiger partial charge in [-0.3, -0.25) is 9.20 Å². The van der Waals surface area contributed by atoms with Gasteiger partial charge < -0.3 is 9.30 Å². The maximum atomic E-state index is 13.0. The van der Waals surface area contributed by atoms with E-state index in [0.29, 0.717) is 24.4 Å². The molecule has 0 spiro atoms. The highest BCUT2D eigenvalue weighted by molar-refractivity contribution is 5.59. The van der Waals surface area contributed by atoms with E-state index in [9.17, 15) is 13.6 Å². The number of alkyl halides is 2. The van der Waals surface area contributed by atoms with E-state index < -0.39 is 6.43 Å². The molecule has 2 unspecified atom stereocenters. The minimum atomic E-state index is -2.59. The second-order valence-electron chi connectivity index (χ2n) is 8.47. The van der Waals surface area contributed by atoms with Crippen molar-refractivity contribution < 1.29 is 13.5 Å². The van der Waals surface area contributed by atoms with Crippen LogP contribution in [-0.2, 0) is 18.2 Å². The van der Waals surface area contributed by atoms with Crippen LogP contribution in [0.5, 0.6) is 0 Å². The van der Waals surface area contributed by atoms with Gasteiger partial charge in [-0.15, -0.1) is 0 Å². The van der Waals surface area contributed by atoms with Gasteiger partial charge in [-0.25, -0.2) is 18.7 Å². The molecule has 5 rings (SSSR count). The highest BCUT2D eigenvalue weighted by Gasteiger charge is 2.30. The fourth-order valence-electron chi connectivity index (χ4n) is 4.57. The number of rotatable bonds is 5. The predicted octanol–water partition coefficient (Wildman–Crippen LogP) is 4.40. The van der Waals surface area contributed by atoms with Crippen LogP contribution in [0.4, 0.5) is 8.78 Å². The first kappa shape index (κ1) is 21.5. The molecule has 0 N–H and O–H groups in total. The van der Waals surface area contributed by atoms with Crippen molar-refractivity contribution in [3.8, 4) is 11.3 Å². The van der Waals surface area contributed by atoms with Crippen LogP contribution in [0.1, 0.15) is 35.8 Å². The Labute approximate surface area is 189 Å². The van der Waals surface area contributed by atoms with E-state index in [0.717, 1.165) is 29.8 Å². The molecule has 2 atom stereocenters. The van der Waals surface area contributed by atoms with E-state index in [4.69, 9.17) is 4.74 Å². The number of benzene rings is 1. The van der Waals surface area contributed by atoms with Crippen molar-refractivity contribution in [3.63, 3.8) is 0 Å². The molecule has 1 aliphatic rings. The van der Waals surface area contributed by atoms with Crippen molar-refractivity contribution in [2.24, 2.45) is 13.0 Å². The molecule has 4 aromatic rings. The Bertz CT molecular complexity index is 1330. The summed E-state index contributed by atoms with van der Waals surface area (Å²) in [6, 6.07) is 12.5. The van der Waals surface area contributed by atoms with Crippen LogP contribution in [0.3, 0.4) is 0 Å². The normalized spacial score (nSPS) is 18.8. The molecule has 170 valence electrons. The summed E-state index contributed by atoms with van der Waals surface area (Å²) in [5.41, 5.74) is 2.74. The molecule has 0 saturated carbocycles. The molecule has 1 fully saturated rings. The van der Waals surface area contributed by atoms with Gasteiger partial charge in [0.2, 0.25) is 0 Å². The zero-order valence-electron chi connectivity index (χ0n) is 18.2. The Hall–Kier alpha value is -3.39. The molecule has 3 aromatic heterocycles.